The van der Waals surface area contributed by atoms with Gasteiger partial charge in [0.25, 0.3) is 5.56 Å². The lowest BCUT2D eigenvalue weighted by Crippen LogP contribution is -2.39. The summed E-state index contributed by atoms with van der Waals surface area (Å²) >= 11 is 0. The van der Waals surface area contributed by atoms with Crippen molar-refractivity contribution in [3.63, 3.8) is 0 Å². The highest BCUT2D eigenvalue weighted by Crippen LogP contribution is 2.23. The van der Waals surface area contributed by atoms with Crippen molar-refractivity contribution >= 4 is 11.9 Å². The average Bonchev–Trinajstić information content (AvgIpc) is 2.84. The lowest BCUT2D eigenvalue weighted by Gasteiger charge is -2.15. The number of aliphatic hydroxyl groups is 1. The fraction of sp³-hybridized carbons (Fsp3) is 0.312. The number of carbonyl (C=O) groups is 1. The molecule has 23 heavy (non-hydrogen) atoms. The molecule has 1 aliphatic heterocycles. The predicted molar refractivity (Wildman–Crippen MR) is 85.6 cm³/mol. The van der Waals surface area contributed by atoms with E-state index in [1.165, 1.54) is 11.1 Å². The summed E-state index contributed by atoms with van der Waals surface area (Å²) in [6, 6.07) is 10.6. The summed E-state index contributed by atoms with van der Waals surface area (Å²) in [7, 11) is 0. The Morgan fingerprint density at radius 2 is 2.00 bits per heavy atom. The van der Waals surface area contributed by atoms with Gasteiger partial charge in [-0.25, -0.2) is 15.4 Å². The van der Waals surface area contributed by atoms with Crippen molar-refractivity contribution in [1.29, 1.82) is 0 Å². The van der Waals surface area contributed by atoms with Crippen LogP contribution in [0.25, 0.3) is 11.3 Å². The molecule has 0 radical (unpaired) electrons. The van der Waals surface area contributed by atoms with Gasteiger partial charge < -0.3 is 5.11 Å². The number of benzene rings is 1. The minimum Gasteiger partial charge on any atom is -0.396 e. The normalized spacial score (nSPS) is 21.0. The van der Waals surface area contributed by atoms with Crippen molar-refractivity contribution < 1.29 is 9.90 Å². The third kappa shape index (κ3) is 3.01. The molecule has 7 nitrogen and oxygen atoms in total. The van der Waals surface area contributed by atoms with Crippen molar-refractivity contribution in [3.05, 3.63) is 46.8 Å². The maximum atomic E-state index is 12.5. The lowest BCUT2D eigenvalue weighted by atomic mass is 9.99. The molecule has 0 aliphatic carbocycles. The van der Waals surface area contributed by atoms with Gasteiger partial charge in [-0.3, -0.25) is 14.6 Å². The Labute approximate surface area is 133 Å². The topological polar surface area (TPSA) is 98.3 Å². The predicted octanol–water partition coefficient (Wildman–Crippen LogP) is 0.675. The van der Waals surface area contributed by atoms with Crippen molar-refractivity contribution in [1.82, 2.24) is 15.4 Å². The van der Waals surface area contributed by atoms with Gasteiger partial charge in [-0.05, 0) is 13.3 Å². The molecular formula is C16H18N4O3. The summed E-state index contributed by atoms with van der Waals surface area (Å²) in [6.07, 6.45) is 0.367. The van der Waals surface area contributed by atoms with E-state index in [0.29, 0.717) is 12.1 Å². The fourth-order valence-electron chi connectivity index (χ4n) is 2.72. The zero-order valence-corrected chi connectivity index (χ0v) is 12.7. The molecule has 0 bridgehead atoms. The van der Waals surface area contributed by atoms with Crippen LogP contribution in [0.15, 0.2) is 41.2 Å². The summed E-state index contributed by atoms with van der Waals surface area (Å²) in [4.78, 5) is 31.4. The van der Waals surface area contributed by atoms with Crippen LogP contribution in [0, 0.1) is 5.92 Å². The van der Waals surface area contributed by atoms with Crippen molar-refractivity contribution in [2.24, 2.45) is 5.92 Å². The number of nitrogens with one attached hydrogen (secondary N) is 2. The molecule has 120 valence electrons. The zero-order valence-electron chi connectivity index (χ0n) is 12.7. The standard InChI is InChI=1S/C16H18N4O3/c1-10-12(7-8-21)15(23)20(19-10)16-17-13(9-14(22)18-16)11-5-3-2-4-6-11/h2-6,9-10,12,19,21H,7-8H2,1H3,(H,17,18,22). The highest BCUT2D eigenvalue weighted by atomic mass is 16.3. The van der Waals surface area contributed by atoms with Gasteiger partial charge in [0.1, 0.15) is 0 Å². The van der Waals surface area contributed by atoms with E-state index < -0.39 is 0 Å². The molecule has 1 saturated heterocycles. The first-order chi connectivity index (χ1) is 11.1. The second-order valence-electron chi connectivity index (χ2n) is 5.53. The number of H-pyrrole nitrogens is 1. The molecular weight excluding hydrogens is 296 g/mol. The maximum absolute atomic E-state index is 12.5. The average molecular weight is 314 g/mol. The van der Waals surface area contributed by atoms with Crippen molar-refractivity contribution in [3.8, 4) is 11.3 Å². The number of aromatic nitrogens is 2. The summed E-state index contributed by atoms with van der Waals surface area (Å²) in [5.74, 6) is -0.390. The molecule has 0 spiro atoms. The number of hydrazine groups is 1. The SMILES string of the molecule is CC1NN(c2nc(-c3ccccc3)cc(=O)[nH]2)C(=O)C1CCO. The van der Waals surface area contributed by atoms with E-state index in [1.54, 1.807) is 0 Å². The van der Waals surface area contributed by atoms with Gasteiger partial charge in [-0.1, -0.05) is 30.3 Å². The van der Waals surface area contributed by atoms with Crippen LogP contribution in [0.5, 0.6) is 0 Å². The number of aliphatic hydroxyl groups excluding tert-OH is 1. The van der Waals surface area contributed by atoms with Gasteiger partial charge in [-0.2, -0.15) is 0 Å². The summed E-state index contributed by atoms with van der Waals surface area (Å²) < 4.78 is 0. The second kappa shape index (κ2) is 6.31. The minimum atomic E-state index is -0.342. The highest BCUT2D eigenvalue weighted by Gasteiger charge is 2.39. The van der Waals surface area contributed by atoms with Gasteiger partial charge >= 0.3 is 0 Å². The molecule has 7 heteroatoms. The van der Waals surface area contributed by atoms with Gasteiger partial charge in [0.2, 0.25) is 11.9 Å². The fourth-order valence-corrected chi connectivity index (χ4v) is 2.72. The van der Waals surface area contributed by atoms with Crippen molar-refractivity contribution in [2.45, 2.75) is 19.4 Å². The van der Waals surface area contributed by atoms with E-state index in [1.807, 2.05) is 37.3 Å². The molecule has 2 atom stereocenters. The minimum absolute atomic E-state index is 0.0652. The van der Waals surface area contributed by atoms with E-state index in [2.05, 4.69) is 15.4 Å². The Bertz CT molecular complexity index is 759. The van der Waals surface area contributed by atoms with Crippen LogP contribution in [-0.2, 0) is 4.79 Å². The Kier molecular flexibility index (Phi) is 4.22. The highest BCUT2D eigenvalue weighted by molar-refractivity contribution is 5.95. The summed E-state index contributed by atoms with van der Waals surface area (Å²) in [5, 5.41) is 10.3. The van der Waals surface area contributed by atoms with Crippen LogP contribution in [0.4, 0.5) is 5.95 Å². The van der Waals surface area contributed by atoms with Gasteiger partial charge in [0.05, 0.1) is 11.6 Å². The first-order valence-electron chi connectivity index (χ1n) is 7.48. The number of nitrogens with zero attached hydrogens (tertiary/aromatic N) is 2. The smallest absolute Gasteiger partial charge is 0.252 e. The Balaban J connectivity index is 1.97. The molecule has 0 saturated carbocycles. The molecule has 1 aliphatic rings. The third-order valence-electron chi connectivity index (χ3n) is 3.92. The van der Waals surface area contributed by atoms with E-state index in [-0.39, 0.29) is 36.0 Å². The number of anilines is 1. The molecule has 1 aromatic carbocycles. The van der Waals surface area contributed by atoms with Crippen molar-refractivity contribution in [2.75, 3.05) is 11.6 Å². The van der Waals surface area contributed by atoms with E-state index in [4.69, 9.17) is 5.11 Å². The molecule has 2 aromatic rings. The Morgan fingerprint density at radius 3 is 2.70 bits per heavy atom. The van der Waals surface area contributed by atoms with Crippen LogP contribution in [0.3, 0.4) is 0 Å². The quantitative estimate of drug-likeness (QED) is 0.771. The maximum Gasteiger partial charge on any atom is 0.252 e. The molecule has 1 fully saturated rings. The summed E-state index contributed by atoms with van der Waals surface area (Å²) in [6.45, 7) is 1.79. The Hall–Kier alpha value is -2.51. The van der Waals surface area contributed by atoms with Crippen LogP contribution in [-0.4, -0.2) is 33.6 Å². The van der Waals surface area contributed by atoms with E-state index in [9.17, 15) is 9.59 Å². The first-order valence-corrected chi connectivity index (χ1v) is 7.48. The Morgan fingerprint density at radius 1 is 1.26 bits per heavy atom. The van der Waals surface area contributed by atoms with Gasteiger partial charge in [0, 0.05) is 24.3 Å². The molecule has 1 aromatic heterocycles. The van der Waals surface area contributed by atoms with Crippen LogP contribution in [0.1, 0.15) is 13.3 Å². The van der Waals surface area contributed by atoms with Crippen LogP contribution < -0.4 is 16.0 Å². The van der Waals surface area contributed by atoms with E-state index in [0.717, 1.165) is 5.56 Å². The van der Waals surface area contributed by atoms with Crippen LogP contribution >= 0.6 is 0 Å². The number of hydrogen-bond acceptors (Lipinski definition) is 5. The number of hydrogen-bond donors (Lipinski definition) is 3. The van der Waals surface area contributed by atoms with Gasteiger partial charge in [0.15, 0.2) is 0 Å². The number of carbonyl (C=O) groups excluding carboxylic acids is 1. The molecule has 3 N–H and O–H groups in total. The molecule has 1 amide bonds. The molecule has 3 rings (SSSR count). The first kappa shape index (κ1) is 15.4. The second-order valence-corrected chi connectivity index (χ2v) is 5.53. The third-order valence-corrected chi connectivity index (χ3v) is 3.92. The van der Waals surface area contributed by atoms with Gasteiger partial charge in [-0.15, -0.1) is 0 Å². The lowest BCUT2D eigenvalue weighted by molar-refractivity contribution is -0.121. The number of rotatable bonds is 4. The molecule has 2 heterocycles. The largest absolute Gasteiger partial charge is 0.396 e. The van der Waals surface area contributed by atoms with E-state index >= 15 is 0 Å². The number of amides is 1. The zero-order chi connectivity index (χ0) is 16.4. The summed E-state index contributed by atoms with van der Waals surface area (Å²) in [5.41, 5.74) is 3.96. The molecule has 2 unspecified atom stereocenters. The number of aromatic amines is 1. The van der Waals surface area contributed by atoms with Crippen LogP contribution in [0.2, 0.25) is 0 Å². The monoisotopic (exact) mass is 314 g/mol.